The maximum absolute atomic E-state index is 5.45. The van der Waals surface area contributed by atoms with Crippen molar-refractivity contribution in [3.8, 4) is 0 Å². The maximum Gasteiger partial charge on any atom is 0.0698 e. The molecule has 0 radical (unpaired) electrons. The largest absolute Gasteiger partial charge is 0.380 e. The van der Waals surface area contributed by atoms with Crippen LogP contribution >= 0.6 is 0 Å². The zero-order valence-electron chi connectivity index (χ0n) is 10.1. The minimum absolute atomic E-state index is 0.366. The molecule has 84 valence electrons. The Labute approximate surface area is 88.6 Å². The van der Waals surface area contributed by atoms with Crippen molar-refractivity contribution in [2.75, 3.05) is 20.7 Å². The molecule has 2 nitrogen and oxygen atoms in total. The van der Waals surface area contributed by atoms with Gasteiger partial charge >= 0.3 is 0 Å². The van der Waals surface area contributed by atoms with Crippen LogP contribution in [-0.4, -0.2) is 37.7 Å². The predicted molar refractivity (Wildman–Crippen MR) is 60.5 cm³/mol. The van der Waals surface area contributed by atoms with E-state index >= 15 is 0 Å². The molecule has 14 heavy (non-hydrogen) atoms. The lowest BCUT2D eigenvalue weighted by atomic mass is 9.94. The first kappa shape index (κ1) is 12.0. The van der Waals surface area contributed by atoms with E-state index in [2.05, 4.69) is 25.8 Å². The molecule has 0 amide bonds. The molecule has 0 spiro atoms. The molecule has 0 aromatic heterocycles. The van der Waals surface area contributed by atoms with Gasteiger partial charge in [-0.25, -0.2) is 0 Å². The lowest BCUT2D eigenvalue weighted by Gasteiger charge is -2.35. The summed E-state index contributed by atoms with van der Waals surface area (Å²) in [6, 6.07) is 0.614. The van der Waals surface area contributed by atoms with Gasteiger partial charge in [0.05, 0.1) is 6.10 Å². The second kappa shape index (κ2) is 5.72. The monoisotopic (exact) mass is 199 g/mol. The van der Waals surface area contributed by atoms with E-state index in [9.17, 15) is 0 Å². The van der Waals surface area contributed by atoms with Crippen LogP contribution in [0.5, 0.6) is 0 Å². The molecular formula is C12H25NO. The fourth-order valence-electron chi connectivity index (χ4n) is 2.54. The number of ether oxygens (including phenoxy) is 1. The second-order valence-electron chi connectivity index (χ2n) is 4.84. The van der Waals surface area contributed by atoms with Gasteiger partial charge in [-0.05, 0) is 32.7 Å². The van der Waals surface area contributed by atoms with Crippen molar-refractivity contribution >= 4 is 0 Å². The normalized spacial score (nSPS) is 33.4. The summed E-state index contributed by atoms with van der Waals surface area (Å²) in [4.78, 5) is 2.48. The number of rotatable bonds is 2. The van der Waals surface area contributed by atoms with Crippen molar-refractivity contribution in [1.29, 1.82) is 0 Å². The number of hydrogen-bond acceptors (Lipinski definition) is 2. The summed E-state index contributed by atoms with van der Waals surface area (Å²) in [6.07, 6.45) is 5.79. The van der Waals surface area contributed by atoms with Crippen LogP contribution in [0.4, 0.5) is 0 Å². The van der Waals surface area contributed by atoms with Crippen molar-refractivity contribution < 1.29 is 4.74 Å². The Hall–Kier alpha value is -0.0800. The SMILES string of the molecule is COC(C)C1CCCCC(C)CN1C. The van der Waals surface area contributed by atoms with Gasteiger partial charge in [-0.2, -0.15) is 0 Å². The molecule has 2 heteroatoms. The Morgan fingerprint density at radius 1 is 1.29 bits per heavy atom. The lowest BCUT2D eigenvalue weighted by molar-refractivity contribution is 0.0213. The zero-order valence-corrected chi connectivity index (χ0v) is 10.1. The van der Waals surface area contributed by atoms with E-state index in [1.807, 2.05) is 7.11 Å². The summed E-state index contributed by atoms with van der Waals surface area (Å²) in [6.45, 7) is 5.77. The number of likely N-dealkylation sites (N-methyl/N-ethyl adjacent to an activating group) is 1. The van der Waals surface area contributed by atoms with Crippen LogP contribution < -0.4 is 0 Å². The molecule has 1 heterocycles. The van der Waals surface area contributed by atoms with Crippen LogP contribution in [0.25, 0.3) is 0 Å². The fraction of sp³-hybridized carbons (Fsp3) is 1.00. The Kier molecular flexibility index (Phi) is 4.90. The summed E-state index contributed by atoms with van der Waals surface area (Å²) in [7, 11) is 4.06. The van der Waals surface area contributed by atoms with Gasteiger partial charge in [0.2, 0.25) is 0 Å². The maximum atomic E-state index is 5.45. The summed E-state index contributed by atoms with van der Waals surface area (Å²) < 4.78 is 5.45. The molecule has 0 saturated carbocycles. The molecule has 1 saturated heterocycles. The average molecular weight is 199 g/mol. The molecule has 0 N–H and O–H groups in total. The van der Waals surface area contributed by atoms with Crippen molar-refractivity contribution in [1.82, 2.24) is 4.90 Å². The third-order valence-electron chi connectivity index (χ3n) is 3.53. The number of nitrogens with zero attached hydrogens (tertiary/aromatic N) is 1. The average Bonchev–Trinajstić information content (AvgIpc) is 2.14. The first-order valence-corrected chi connectivity index (χ1v) is 5.88. The van der Waals surface area contributed by atoms with Gasteiger partial charge in [0, 0.05) is 19.7 Å². The van der Waals surface area contributed by atoms with E-state index < -0.39 is 0 Å². The van der Waals surface area contributed by atoms with Gasteiger partial charge < -0.3 is 9.64 Å². The molecule has 0 bridgehead atoms. The number of likely N-dealkylation sites (tertiary alicyclic amines) is 1. The van der Waals surface area contributed by atoms with E-state index in [1.54, 1.807) is 0 Å². The van der Waals surface area contributed by atoms with Crippen LogP contribution in [0, 0.1) is 5.92 Å². The molecule has 1 aliphatic rings. The van der Waals surface area contributed by atoms with Crippen LogP contribution in [0.2, 0.25) is 0 Å². The van der Waals surface area contributed by atoms with E-state index in [0.717, 1.165) is 5.92 Å². The standard InChI is InChI=1S/C12H25NO/c1-10-7-5-6-8-12(11(2)14-4)13(3)9-10/h10-12H,5-9H2,1-4H3. The van der Waals surface area contributed by atoms with Crippen molar-refractivity contribution in [3.63, 3.8) is 0 Å². The Bertz CT molecular complexity index is 160. The lowest BCUT2D eigenvalue weighted by Crippen LogP contribution is -2.43. The van der Waals surface area contributed by atoms with Crippen LogP contribution in [-0.2, 0) is 4.74 Å². The minimum atomic E-state index is 0.366. The van der Waals surface area contributed by atoms with Gasteiger partial charge in [-0.3, -0.25) is 0 Å². The zero-order chi connectivity index (χ0) is 10.6. The minimum Gasteiger partial charge on any atom is -0.380 e. The molecule has 0 aliphatic carbocycles. The number of methoxy groups -OCH3 is 1. The molecule has 3 unspecified atom stereocenters. The molecular weight excluding hydrogens is 174 g/mol. The van der Waals surface area contributed by atoms with Crippen molar-refractivity contribution in [2.45, 2.75) is 51.7 Å². The second-order valence-corrected chi connectivity index (χ2v) is 4.84. The molecule has 3 atom stereocenters. The summed E-state index contributed by atoms with van der Waals surface area (Å²) in [5, 5.41) is 0. The van der Waals surface area contributed by atoms with E-state index in [0.29, 0.717) is 12.1 Å². The molecule has 0 aromatic rings. The highest BCUT2D eigenvalue weighted by molar-refractivity contribution is 4.78. The predicted octanol–water partition coefficient (Wildman–Crippen LogP) is 2.53. The first-order valence-electron chi connectivity index (χ1n) is 5.88. The van der Waals surface area contributed by atoms with Gasteiger partial charge in [0.1, 0.15) is 0 Å². The van der Waals surface area contributed by atoms with Gasteiger partial charge in [-0.15, -0.1) is 0 Å². The molecule has 1 aliphatic heterocycles. The van der Waals surface area contributed by atoms with Gasteiger partial charge in [0.15, 0.2) is 0 Å². The number of hydrogen-bond donors (Lipinski definition) is 0. The third-order valence-corrected chi connectivity index (χ3v) is 3.53. The van der Waals surface area contributed by atoms with Crippen molar-refractivity contribution in [2.24, 2.45) is 5.92 Å². The highest BCUT2D eigenvalue weighted by atomic mass is 16.5. The first-order chi connectivity index (χ1) is 6.65. The van der Waals surface area contributed by atoms with Crippen molar-refractivity contribution in [3.05, 3.63) is 0 Å². The van der Waals surface area contributed by atoms with E-state index in [1.165, 1.54) is 32.2 Å². The quantitative estimate of drug-likeness (QED) is 0.677. The summed E-state index contributed by atoms with van der Waals surface area (Å²) in [5.74, 6) is 0.840. The summed E-state index contributed by atoms with van der Waals surface area (Å²) in [5.41, 5.74) is 0. The molecule has 0 aromatic carbocycles. The smallest absolute Gasteiger partial charge is 0.0698 e. The Balaban J connectivity index is 2.53. The third kappa shape index (κ3) is 3.25. The highest BCUT2D eigenvalue weighted by Gasteiger charge is 2.24. The Morgan fingerprint density at radius 3 is 2.57 bits per heavy atom. The van der Waals surface area contributed by atoms with Crippen LogP contribution in [0.3, 0.4) is 0 Å². The fourth-order valence-corrected chi connectivity index (χ4v) is 2.54. The summed E-state index contributed by atoms with van der Waals surface area (Å²) >= 11 is 0. The van der Waals surface area contributed by atoms with Gasteiger partial charge in [0.25, 0.3) is 0 Å². The van der Waals surface area contributed by atoms with Gasteiger partial charge in [-0.1, -0.05) is 19.8 Å². The Morgan fingerprint density at radius 2 is 1.93 bits per heavy atom. The van der Waals surface area contributed by atoms with Crippen LogP contribution in [0.15, 0.2) is 0 Å². The molecule has 1 fully saturated rings. The topological polar surface area (TPSA) is 12.5 Å². The molecule has 1 rings (SSSR count). The highest BCUT2D eigenvalue weighted by Crippen LogP contribution is 2.21. The van der Waals surface area contributed by atoms with Crippen LogP contribution in [0.1, 0.15) is 39.5 Å². The van der Waals surface area contributed by atoms with E-state index in [4.69, 9.17) is 4.74 Å². The van der Waals surface area contributed by atoms with E-state index in [-0.39, 0.29) is 0 Å².